The minimum atomic E-state index is 0.290. The lowest BCUT2D eigenvalue weighted by molar-refractivity contribution is 0.237. The molecule has 0 atom stereocenters. The molecule has 0 aromatic heterocycles. The third-order valence-electron chi connectivity index (χ3n) is 3.69. The van der Waals surface area contributed by atoms with Crippen LogP contribution < -0.4 is 0 Å². The maximum atomic E-state index is 8.96. The van der Waals surface area contributed by atoms with Crippen molar-refractivity contribution in [2.45, 2.75) is 25.8 Å². The Balaban J connectivity index is 1.88. The Morgan fingerprint density at radius 1 is 0.714 bits per heavy atom. The Kier molecular flexibility index (Phi) is 6.99. The third kappa shape index (κ3) is 6.11. The van der Waals surface area contributed by atoms with Gasteiger partial charge in [-0.3, -0.25) is 4.90 Å². The van der Waals surface area contributed by atoms with Crippen molar-refractivity contribution in [2.75, 3.05) is 19.7 Å². The summed E-state index contributed by atoms with van der Waals surface area (Å²) in [6.07, 6.45) is 3.02. The molecule has 112 valence electrons. The standard InChI is InChI=1S/C19H25NO/c21-16-8-7-14-20(17-19-11-5-2-6-12-19)15-13-18-9-3-1-4-10-18/h1-6,9-12,21H,7-8,13-17H2. The van der Waals surface area contributed by atoms with E-state index in [1.165, 1.54) is 11.1 Å². The monoisotopic (exact) mass is 283 g/mol. The minimum Gasteiger partial charge on any atom is -0.396 e. The number of rotatable bonds is 9. The largest absolute Gasteiger partial charge is 0.396 e. The van der Waals surface area contributed by atoms with Crippen LogP contribution in [0, 0.1) is 0 Å². The quantitative estimate of drug-likeness (QED) is 0.712. The summed E-state index contributed by atoms with van der Waals surface area (Å²) in [4.78, 5) is 2.48. The van der Waals surface area contributed by atoms with Crippen molar-refractivity contribution in [3.8, 4) is 0 Å². The van der Waals surface area contributed by atoms with Crippen molar-refractivity contribution in [1.82, 2.24) is 4.90 Å². The normalized spacial score (nSPS) is 11.0. The molecule has 0 saturated heterocycles. The molecule has 2 nitrogen and oxygen atoms in total. The van der Waals surface area contributed by atoms with Crippen LogP contribution in [0.3, 0.4) is 0 Å². The molecular formula is C19H25NO. The van der Waals surface area contributed by atoms with E-state index in [9.17, 15) is 0 Å². The predicted molar refractivity (Wildman–Crippen MR) is 88.2 cm³/mol. The van der Waals surface area contributed by atoms with E-state index >= 15 is 0 Å². The highest BCUT2D eigenvalue weighted by molar-refractivity contribution is 5.16. The van der Waals surface area contributed by atoms with Crippen molar-refractivity contribution < 1.29 is 5.11 Å². The highest BCUT2D eigenvalue weighted by Crippen LogP contribution is 2.08. The predicted octanol–water partition coefficient (Wildman–Crippen LogP) is 3.50. The highest BCUT2D eigenvalue weighted by Gasteiger charge is 2.06. The Labute approximate surface area is 128 Å². The van der Waals surface area contributed by atoms with Crippen molar-refractivity contribution >= 4 is 0 Å². The molecule has 0 aliphatic carbocycles. The second kappa shape index (κ2) is 9.32. The number of benzene rings is 2. The minimum absolute atomic E-state index is 0.290. The zero-order valence-electron chi connectivity index (χ0n) is 12.6. The molecule has 0 heterocycles. The SMILES string of the molecule is OCCCCN(CCc1ccccc1)Cc1ccccc1. The fourth-order valence-electron chi connectivity index (χ4n) is 2.49. The Morgan fingerprint density at radius 3 is 1.95 bits per heavy atom. The number of nitrogens with zero attached hydrogens (tertiary/aromatic N) is 1. The Morgan fingerprint density at radius 2 is 1.33 bits per heavy atom. The summed E-state index contributed by atoms with van der Waals surface area (Å²) in [7, 11) is 0. The van der Waals surface area contributed by atoms with Crippen molar-refractivity contribution in [1.29, 1.82) is 0 Å². The van der Waals surface area contributed by atoms with Crippen LogP contribution in [-0.4, -0.2) is 29.7 Å². The number of aliphatic hydroxyl groups excluding tert-OH is 1. The lowest BCUT2D eigenvalue weighted by Gasteiger charge is -2.22. The fourth-order valence-corrected chi connectivity index (χ4v) is 2.49. The summed E-state index contributed by atoms with van der Waals surface area (Å²) in [6, 6.07) is 21.3. The van der Waals surface area contributed by atoms with E-state index in [0.29, 0.717) is 0 Å². The molecule has 0 spiro atoms. The Bertz CT molecular complexity index is 483. The molecule has 21 heavy (non-hydrogen) atoms. The van der Waals surface area contributed by atoms with E-state index < -0.39 is 0 Å². The molecule has 0 saturated carbocycles. The van der Waals surface area contributed by atoms with Gasteiger partial charge in [0.25, 0.3) is 0 Å². The van der Waals surface area contributed by atoms with Crippen LogP contribution in [0.25, 0.3) is 0 Å². The molecule has 0 aliphatic rings. The van der Waals surface area contributed by atoms with Crippen LogP contribution in [0.5, 0.6) is 0 Å². The molecule has 0 aliphatic heterocycles. The first-order chi connectivity index (χ1) is 10.4. The van der Waals surface area contributed by atoms with Gasteiger partial charge in [0, 0.05) is 19.7 Å². The molecule has 0 bridgehead atoms. The van der Waals surface area contributed by atoms with Crippen molar-refractivity contribution in [3.05, 3.63) is 71.8 Å². The van der Waals surface area contributed by atoms with Gasteiger partial charge in [0.1, 0.15) is 0 Å². The summed E-state index contributed by atoms with van der Waals surface area (Å²) in [6.45, 7) is 3.38. The molecule has 2 aromatic rings. The van der Waals surface area contributed by atoms with Crippen molar-refractivity contribution in [3.63, 3.8) is 0 Å². The van der Waals surface area contributed by atoms with E-state index in [4.69, 9.17) is 5.11 Å². The van der Waals surface area contributed by atoms with E-state index in [0.717, 1.165) is 38.9 Å². The third-order valence-corrected chi connectivity index (χ3v) is 3.69. The average Bonchev–Trinajstić information content (AvgIpc) is 2.54. The van der Waals surface area contributed by atoms with Gasteiger partial charge in [-0.25, -0.2) is 0 Å². The first kappa shape index (κ1) is 15.7. The van der Waals surface area contributed by atoms with Crippen LogP contribution in [0.1, 0.15) is 24.0 Å². The molecule has 0 unspecified atom stereocenters. The summed E-state index contributed by atoms with van der Waals surface area (Å²) >= 11 is 0. The van der Waals surface area contributed by atoms with Gasteiger partial charge in [0.15, 0.2) is 0 Å². The molecule has 2 rings (SSSR count). The van der Waals surface area contributed by atoms with Crippen LogP contribution in [0.15, 0.2) is 60.7 Å². The highest BCUT2D eigenvalue weighted by atomic mass is 16.2. The molecule has 2 heteroatoms. The van der Waals surface area contributed by atoms with Crippen LogP contribution in [0.4, 0.5) is 0 Å². The molecule has 2 aromatic carbocycles. The van der Waals surface area contributed by atoms with E-state index in [1.54, 1.807) is 0 Å². The first-order valence-corrected chi connectivity index (χ1v) is 7.79. The van der Waals surface area contributed by atoms with E-state index in [1.807, 2.05) is 0 Å². The number of hydrogen-bond acceptors (Lipinski definition) is 2. The zero-order chi connectivity index (χ0) is 14.8. The lowest BCUT2D eigenvalue weighted by Crippen LogP contribution is -2.27. The molecule has 1 N–H and O–H groups in total. The van der Waals surface area contributed by atoms with Gasteiger partial charge in [-0.05, 0) is 36.9 Å². The van der Waals surface area contributed by atoms with Crippen LogP contribution in [0.2, 0.25) is 0 Å². The maximum Gasteiger partial charge on any atom is 0.0431 e. The smallest absolute Gasteiger partial charge is 0.0431 e. The number of aliphatic hydroxyl groups is 1. The van der Waals surface area contributed by atoms with Crippen LogP contribution in [-0.2, 0) is 13.0 Å². The van der Waals surface area contributed by atoms with Gasteiger partial charge >= 0.3 is 0 Å². The van der Waals surface area contributed by atoms with Gasteiger partial charge in [0.05, 0.1) is 0 Å². The summed E-state index contributed by atoms with van der Waals surface area (Å²) in [5, 5.41) is 8.96. The van der Waals surface area contributed by atoms with Gasteiger partial charge in [-0.2, -0.15) is 0 Å². The fraction of sp³-hybridized carbons (Fsp3) is 0.368. The van der Waals surface area contributed by atoms with Gasteiger partial charge in [0.2, 0.25) is 0 Å². The zero-order valence-corrected chi connectivity index (χ0v) is 12.6. The topological polar surface area (TPSA) is 23.5 Å². The summed E-state index contributed by atoms with van der Waals surface area (Å²) < 4.78 is 0. The average molecular weight is 283 g/mol. The van der Waals surface area contributed by atoms with E-state index in [2.05, 4.69) is 65.6 Å². The van der Waals surface area contributed by atoms with Crippen molar-refractivity contribution in [2.24, 2.45) is 0 Å². The lowest BCUT2D eigenvalue weighted by atomic mass is 10.1. The molecule has 0 fully saturated rings. The molecular weight excluding hydrogens is 258 g/mol. The number of hydrogen-bond donors (Lipinski definition) is 1. The van der Waals surface area contributed by atoms with Gasteiger partial charge < -0.3 is 5.11 Å². The number of unbranched alkanes of at least 4 members (excludes halogenated alkanes) is 1. The van der Waals surface area contributed by atoms with Gasteiger partial charge in [-0.15, -0.1) is 0 Å². The molecule has 0 amide bonds. The summed E-state index contributed by atoms with van der Waals surface area (Å²) in [5.74, 6) is 0. The first-order valence-electron chi connectivity index (χ1n) is 7.79. The van der Waals surface area contributed by atoms with Crippen LogP contribution >= 0.6 is 0 Å². The second-order valence-corrected chi connectivity index (χ2v) is 5.43. The Hall–Kier alpha value is -1.64. The second-order valence-electron chi connectivity index (χ2n) is 5.43. The van der Waals surface area contributed by atoms with Gasteiger partial charge in [-0.1, -0.05) is 60.7 Å². The maximum absolute atomic E-state index is 8.96. The summed E-state index contributed by atoms with van der Waals surface area (Å²) in [5.41, 5.74) is 2.74. The molecule has 0 radical (unpaired) electrons. The van der Waals surface area contributed by atoms with E-state index in [-0.39, 0.29) is 6.61 Å².